The number of H-pyrrole nitrogens is 1. The van der Waals surface area contributed by atoms with Crippen molar-refractivity contribution in [2.45, 2.75) is 43.6 Å². The topological polar surface area (TPSA) is 125 Å². The second-order valence-electron chi connectivity index (χ2n) is 8.23. The molecule has 3 aromatic rings. The number of anilines is 2. The first kappa shape index (κ1) is 21.7. The van der Waals surface area contributed by atoms with Crippen LogP contribution in [0, 0.1) is 5.92 Å². The average molecular weight is 444 g/mol. The number of fused-ring (bicyclic) bond motifs is 1. The van der Waals surface area contributed by atoms with Crippen molar-refractivity contribution in [2.24, 2.45) is 5.92 Å². The smallest absolute Gasteiger partial charge is 0.391 e. The molecule has 9 heteroatoms. The first-order valence-electron chi connectivity index (χ1n) is 10.4. The van der Waals surface area contributed by atoms with E-state index < -0.39 is 18.2 Å². The number of aromatic amines is 1. The number of benzene rings is 1. The summed E-state index contributed by atoms with van der Waals surface area (Å²) in [5, 5.41) is 37.8. The minimum absolute atomic E-state index is 0. The van der Waals surface area contributed by atoms with Gasteiger partial charge in [0.25, 0.3) is 0 Å². The summed E-state index contributed by atoms with van der Waals surface area (Å²) in [6.45, 7) is -0.167. The Kier molecular flexibility index (Phi) is 6.24. The molecule has 2 saturated carbocycles. The van der Waals surface area contributed by atoms with Crippen molar-refractivity contribution in [3.8, 4) is 11.3 Å². The Morgan fingerprint density at radius 3 is 2.55 bits per heavy atom. The maximum atomic E-state index is 10.5. The molecule has 0 saturated heterocycles. The number of hydrogen-bond acceptors (Lipinski definition) is 7. The molecule has 2 heterocycles. The van der Waals surface area contributed by atoms with Crippen molar-refractivity contribution in [2.75, 3.05) is 17.2 Å². The molecular formula is C22H26ClN5O3. The van der Waals surface area contributed by atoms with Crippen LogP contribution in [0.25, 0.3) is 22.2 Å². The second-order valence-corrected chi connectivity index (χ2v) is 8.23. The predicted octanol–water partition coefficient (Wildman–Crippen LogP) is -1.80. The summed E-state index contributed by atoms with van der Waals surface area (Å²) >= 11 is 0. The summed E-state index contributed by atoms with van der Waals surface area (Å²) in [4.78, 5) is 12.7. The Bertz CT molecular complexity index is 1060. The summed E-state index contributed by atoms with van der Waals surface area (Å²) in [6.07, 6.45) is 2.61. The first-order chi connectivity index (χ1) is 14.6. The highest BCUT2D eigenvalue weighted by atomic mass is 35.5. The molecule has 2 aliphatic carbocycles. The van der Waals surface area contributed by atoms with Gasteiger partial charge in [0.1, 0.15) is 6.10 Å². The van der Waals surface area contributed by atoms with E-state index in [0.29, 0.717) is 24.2 Å². The van der Waals surface area contributed by atoms with Gasteiger partial charge in [0, 0.05) is 17.9 Å². The van der Waals surface area contributed by atoms with Gasteiger partial charge in [-0.25, -0.2) is 9.97 Å². The molecule has 31 heavy (non-hydrogen) atoms. The summed E-state index contributed by atoms with van der Waals surface area (Å²) in [5.74, 6) is 0.866. The standard InChI is InChI=1S/C22H25N5O3.ClH/c28-11-13-9-18(20(30)19(13)29)26-21-15(10-23-22(27-21)24-14-6-7-14)17-8-5-12-3-1-2-4-16(12)25-17;/h1-5,8,10,13-14,18-20,28-30H,6-7,9,11H2,(H2,23,24,26,27);1H/t13-,18?,19-,20+;/m1./s1. The molecule has 0 amide bonds. The van der Waals surface area contributed by atoms with E-state index in [1.165, 1.54) is 0 Å². The van der Waals surface area contributed by atoms with Crippen LogP contribution in [0.5, 0.6) is 0 Å². The summed E-state index contributed by atoms with van der Waals surface area (Å²) < 4.78 is 0. The molecule has 0 bridgehead atoms. The number of aromatic nitrogens is 3. The Hall–Kier alpha value is -2.52. The first-order valence-corrected chi connectivity index (χ1v) is 10.4. The van der Waals surface area contributed by atoms with Crippen LogP contribution in [0.1, 0.15) is 19.3 Å². The van der Waals surface area contributed by atoms with E-state index >= 15 is 0 Å². The zero-order valence-corrected chi connectivity index (χ0v) is 17.6. The third-order valence-electron chi connectivity index (χ3n) is 5.98. The molecule has 0 aliphatic heterocycles. The minimum Gasteiger partial charge on any atom is -1.00 e. The molecule has 6 N–H and O–H groups in total. The maximum Gasteiger partial charge on any atom is 0.391 e. The average Bonchev–Trinajstić information content (AvgIpc) is 3.55. The zero-order valence-electron chi connectivity index (χ0n) is 16.9. The highest BCUT2D eigenvalue weighted by Crippen LogP contribution is 2.32. The van der Waals surface area contributed by atoms with Gasteiger partial charge in [0.05, 0.1) is 41.2 Å². The largest absolute Gasteiger partial charge is 1.00 e. The number of aliphatic hydroxyl groups is 3. The number of hydrogen-bond donors (Lipinski definition) is 5. The summed E-state index contributed by atoms with van der Waals surface area (Å²) in [5.41, 5.74) is 2.42. The van der Waals surface area contributed by atoms with E-state index in [1.54, 1.807) is 0 Å². The van der Waals surface area contributed by atoms with E-state index in [9.17, 15) is 15.3 Å². The van der Waals surface area contributed by atoms with Gasteiger partial charge < -0.3 is 33.0 Å². The highest BCUT2D eigenvalue weighted by Gasteiger charge is 2.42. The van der Waals surface area contributed by atoms with Crippen molar-refractivity contribution >= 4 is 22.7 Å². The van der Waals surface area contributed by atoms with E-state index in [4.69, 9.17) is 9.97 Å². The van der Waals surface area contributed by atoms with Crippen LogP contribution in [0.15, 0.2) is 42.6 Å². The molecule has 0 radical (unpaired) electrons. The van der Waals surface area contributed by atoms with E-state index in [-0.39, 0.29) is 24.9 Å². The third kappa shape index (κ3) is 4.43. The molecule has 2 aromatic heterocycles. The van der Waals surface area contributed by atoms with Crippen molar-refractivity contribution in [3.63, 3.8) is 0 Å². The number of para-hydroxylation sites is 1. The quantitative estimate of drug-likeness (QED) is 0.304. The van der Waals surface area contributed by atoms with Crippen LogP contribution < -0.4 is 28.0 Å². The van der Waals surface area contributed by atoms with E-state index in [0.717, 1.165) is 35.0 Å². The molecule has 2 aliphatic rings. The molecule has 4 atom stereocenters. The number of pyridine rings is 1. The molecule has 8 nitrogen and oxygen atoms in total. The van der Waals surface area contributed by atoms with Gasteiger partial charge in [-0.05, 0) is 31.4 Å². The highest BCUT2D eigenvalue weighted by molar-refractivity contribution is 5.83. The lowest BCUT2D eigenvalue weighted by Crippen LogP contribution is -3.00. The van der Waals surface area contributed by atoms with Gasteiger partial charge in [-0.15, -0.1) is 0 Å². The number of nitrogens with zero attached hydrogens (tertiary/aromatic N) is 2. The molecule has 1 unspecified atom stereocenters. The molecule has 0 spiro atoms. The fourth-order valence-corrected chi connectivity index (χ4v) is 4.05. The minimum atomic E-state index is -0.981. The number of rotatable bonds is 6. The Morgan fingerprint density at radius 2 is 1.81 bits per heavy atom. The SMILES string of the molecule is OC[C@H]1CC(Nc2nc(NC3CC3)[nH+]cc2-c2ccc3ccccc3n2)[C@H](O)[C@@H]1O.[Cl-]. The normalized spacial score (nSPS) is 25.3. The fourth-order valence-electron chi connectivity index (χ4n) is 4.05. The fraction of sp³-hybridized carbons (Fsp3) is 0.409. The van der Waals surface area contributed by atoms with Crippen molar-refractivity contribution < 1.29 is 32.7 Å². The van der Waals surface area contributed by atoms with Gasteiger partial charge in [-0.3, -0.25) is 5.32 Å². The van der Waals surface area contributed by atoms with Gasteiger partial charge in [-0.1, -0.05) is 29.2 Å². The van der Waals surface area contributed by atoms with E-state index in [1.807, 2.05) is 42.6 Å². The van der Waals surface area contributed by atoms with Crippen molar-refractivity contribution in [3.05, 3.63) is 42.6 Å². The van der Waals surface area contributed by atoms with Crippen molar-refractivity contribution in [1.82, 2.24) is 9.97 Å². The monoisotopic (exact) mass is 443 g/mol. The second kappa shape index (κ2) is 8.92. The molecular weight excluding hydrogens is 418 g/mol. The van der Waals surface area contributed by atoms with Gasteiger partial charge in [0.15, 0.2) is 0 Å². The van der Waals surface area contributed by atoms with Gasteiger partial charge in [0.2, 0.25) is 5.82 Å². The summed E-state index contributed by atoms with van der Waals surface area (Å²) in [6, 6.07) is 11.9. The Balaban J connectivity index is 0.00000231. The van der Waals surface area contributed by atoms with E-state index in [2.05, 4.69) is 15.6 Å². The van der Waals surface area contributed by atoms with Gasteiger partial charge >= 0.3 is 5.95 Å². The predicted molar refractivity (Wildman–Crippen MR) is 113 cm³/mol. The number of halogens is 1. The van der Waals surface area contributed by atoms with Crippen LogP contribution in [-0.4, -0.2) is 56.2 Å². The van der Waals surface area contributed by atoms with Crippen LogP contribution in [0.4, 0.5) is 11.8 Å². The molecule has 2 fully saturated rings. The number of aliphatic hydroxyl groups excluding tert-OH is 3. The molecule has 164 valence electrons. The lowest BCUT2D eigenvalue weighted by Gasteiger charge is -2.18. The number of nitrogens with one attached hydrogen (secondary N) is 3. The summed E-state index contributed by atoms with van der Waals surface area (Å²) in [7, 11) is 0. The van der Waals surface area contributed by atoms with Gasteiger partial charge in [-0.2, -0.15) is 0 Å². The Morgan fingerprint density at radius 1 is 1.00 bits per heavy atom. The van der Waals surface area contributed by atoms with Crippen LogP contribution in [0.2, 0.25) is 0 Å². The zero-order chi connectivity index (χ0) is 20.7. The maximum absolute atomic E-state index is 10.5. The van der Waals surface area contributed by atoms with Crippen LogP contribution in [0.3, 0.4) is 0 Å². The lowest BCUT2D eigenvalue weighted by atomic mass is 10.1. The Labute approximate surface area is 186 Å². The van der Waals surface area contributed by atoms with Crippen LogP contribution >= 0.6 is 0 Å². The third-order valence-corrected chi connectivity index (χ3v) is 5.98. The molecule has 5 rings (SSSR count). The molecule has 1 aromatic carbocycles. The van der Waals surface area contributed by atoms with Crippen molar-refractivity contribution in [1.29, 1.82) is 0 Å². The lowest BCUT2D eigenvalue weighted by molar-refractivity contribution is -0.364. The van der Waals surface area contributed by atoms with Crippen LogP contribution in [-0.2, 0) is 0 Å².